The van der Waals surface area contributed by atoms with Gasteiger partial charge in [0.05, 0.1) is 19.9 Å². The second-order valence-corrected chi connectivity index (χ2v) is 6.59. The quantitative estimate of drug-likeness (QED) is 0.394. The van der Waals surface area contributed by atoms with E-state index < -0.39 is 23.8 Å². The van der Waals surface area contributed by atoms with E-state index >= 15 is 0 Å². The molecule has 9 heteroatoms. The van der Waals surface area contributed by atoms with Crippen LogP contribution in [-0.2, 0) is 32.2 Å². The Morgan fingerprint density at radius 3 is 2.70 bits per heavy atom. The number of urea groups is 1. The van der Waals surface area contributed by atoms with Gasteiger partial charge in [0, 0.05) is 22.7 Å². The molecule has 152 valence electrons. The van der Waals surface area contributed by atoms with Crippen molar-refractivity contribution in [2.45, 2.75) is 13.1 Å². The van der Waals surface area contributed by atoms with E-state index in [0.29, 0.717) is 11.3 Å². The number of methoxy groups -OCH3 is 1. The van der Waals surface area contributed by atoms with Crippen molar-refractivity contribution in [2.75, 3.05) is 7.11 Å². The third-order valence-corrected chi connectivity index (χ3v) is 4.73. The Morgan fingerprint density at radius 2 is 1.97 bits per heavy atom. The number of hydrogen-bond donors (Lipinski definition) is 1. The number of fused-ring (bicyclic) bond motifs is 1. The van der Waals surface area contributed by atoms with E-state index in [0.717, 1.165) is 15.8 Å². The second kappa shape index (κ2) is 7.70. The molecule has 3 aromatic rings. The predicted molar refractivity (Wildman–Crippen MR) is 105 cm³/mol. The molecular weight excluding hydrogens is 390 g/mol. The van der Waals surface area contributed by atoms with Crippen LogP contribution in [0, 0.1) is 0 Å². The number of barbiturate groups is 1. The van der Waals surface area contributed by atoms with Crippen molar-refractivity contribution in [1.29, 1.82) is 0 Å². The smallest absolute Gasteiger partial charge is 0.331 e. The van der Waals surface area contributed by atoms with Gasteiger partial charge in [-0.1, -0.05) is 18.2 Å². The number of hydrogen-bond acceptors (Lipinski definition) is 6. The molecule has 30 heavy (non-hydrogen) atoms. The standard InChI is InChI=1S/C21H17N3O6/c1-29-18(25)12-23-10-13(15-6-2-3-7-17(15)23)9-16-19(26)22-21(28)24(20(16)27)11-14-5-4-8-30-14/h2-10H,11-12H2,1H3,(H,22,26,28)/b16-9+. The summed E-state index contributed by atoms with van der Waals surface area (Å²) in [5.41, 5.74) is 1.10. The first kappa shape index (κ1) is 19.2. The van der Waals surface area contributed by atoms with Crippen molar-refractivity contribution in [1.82, 2.24) is 14.8 Å². The van der Waals surface area contributed by atoms with E-state index in [1.54, 1.807) is 22.9 Å². The highest BCUT2D eigenvalue weighted by molar-refractivity contribution is 6.31. The Morgan fingerprint density at radius 1 is 1.17 bits per heavy atom. The Bertz CT molecular complexity index is 1190. The summed E-state index contributed by atoms with van der Waals surface area (Å²) in [5, 5.41) is 2.91. The van der Waals surface area contributed by atoms with Crippen LogP contribution < -0.4 is 5.32 Å². The minimum Gasteiger partial charge on any atom is -0.468 e. The number of furan rings is 1. The number of rotatable bonds is 5. The molecule has 4 amide bonds. The molecule has 0 aliphatic carbocycles. The average Bonchev–Trinajstić information content (AvgIpc) is 3.37. The van der Waals surface area contributed by atoms with Crippen LogP contribution in [0.5, 0.6) is 0 Å². The number of ether oxygens (including phenoxy) is 1. The van der Waals surface area contributed by atoms with E-state index in [4.69, 9.17) is 9.15 Å². The predicted octanol–water partition coefficient (Wildman–Crippen LogP) is 2.07. The number of para-hydroxylation sites is 1. The molecule has 0 radical (unpaired) electrons. The molecule has 0 bridgehead atoms. The summed E-state index contributed by atoms with van der Waals surface area (Å²) in [5.74, 6) is -1.55. The molecule has 1 aliphatic heterocycles. The highest BCUT2D eigenvalue weighted by Gasteiger charge is 2.36. The van der Waals surface area contributed by atoms with Crippen molar-refractivity contribution in [2.24, 2.45) is 0 Å². The maximum Gasteiger partial charge on any atom is 0.331 e. The number of benzene rings is 1. The van der Waals surface area contributed by atoms with E-state index in [2.05, 4.69) is 5.32 Å². The number of nitrogens with zero attached hydrogens (tertiary/aromatic N) is 2. The Kier molecular flexibility index (Phi) is 4.93. The van der Waals surface area contributed by atoms with Crippen molar-refractivity contribution in [3.8, 4) is 0 Å². The van der Waals surface area contributed by atoms with Crippen LogP contribution in [-0.4, -0.2) is 40.4 Å². The summed E-state index contributed by atoms with van der Waals surface area (Å²) >= 11 is 0. The van der Waals surface area contributed by atoms with Crippen molar-refractivity contribution >= 4 is 40.8 Å². The van der Waals surface area contributed by atoms with Gasteiger partial charge in [0.2, 0.25) is 0 Å². The fraction of sp³-hybridized carbons (Fsp3) is 0.143. The monoisotopic (exact) mass is 407 g/mol. The fourth-order valence-corrected chi connectivity index (χ4v) is 3.28. The molecule has 1 aromatic carbocycles. The van der Waals surface area contributed by atoms with E-state index in [-0.39, 0.29) is 18.7 Å². The lowest BCUT2D eigenvalue weighted by Gasteiger charge is -2.25. The minimum atomic E-state index is -0.813. The van der Waals surface area contributed by atoms with Crippen molar-refractivity contribution < 1.29 is 28.3 Å². The molecule has 3 heterocycles. The average molecular weight is 407 g/mol. The lowest BCUT2D eigenvalue weighted by Crippen LogP contribution is -2.53. The molecule has 0 atom stereocenters. The van der Waals surface area contributed by atoms with Crippen LogP contribution in [0.1, 0.15) is 11.3 Å². The molecule has 1 N–H and O–H groups in total. The molecule has 0 unspecified atom stereocenters. The zero-order valence-electron chi connectivity index (χ0n) is 16.0. The summed E-state index contributed by atoms with van der Waals surface area (Å²) in [4.78, 5) is 50.1. The number of nitrogens with one attached hydrogen (secondary N) is 1. The molecule has 1 saturated heterocycles. The van der Waals surface area contributed by atoms with Gasteiger partial charge in [0.1, 0.15) is 17.9 Å². The van der Waals surface area contributed by atoms with Crippen LogP contribution in [0.3, 0.4) is 0 Å². The lowest BCUT2D eigenvalue weighted by atomic mass is 10.1. The van der Waals surface area contributed by atoms with Gasteiger partial charge in [0.25, 0.3) is 11.8 Å². The van der Waals surface area contributed by atoms with Gasteiger partial charge in [-0.2, -0.15) is 0 Å². The first-order valence-electron chi connectivity index (χ1n) is 9.04. The second-order valence-electron chi connectivity index (χ2n) is 6.59. The lowest BCUT2D eigenvalue weighted by molar-refractivity contribution is -0.141. The van der Waals surface area contributed by atoms with E-state index in [9.17, 15) is 19.2 Å². The summed E-state index contributed by atoms with van der Waals surface area (Å²) in [7, 11) is 1.30. The Hall–Kier alpha value is -4.14. The summed E-state index contributed by atoms with van der Waals surface area (Å²) in [6.45, 7) is -0.129. The van der Waals surface area contributed by atoms with Crippen LogP contribution in [0.2, 0.25) is 0 Å². The third-order valence-electron chi connectivity index (χ3n) is 4.73. The molecule has 2 aromatic heterocycles. The van der Waals surface area contributed by atoms with Gasteiger partial charge in [-0.05, 0) is 24.3 Å². The van der Waals surface area contributed by atoms with E-state index in [1.165, 1.54) is 19.4 Å². The van der Waals surface area contributed by atoms with Gasteiger partial charge in [-0.25, -0.2) is 4.79 Å². The van der Waals surface area contributed by atoms with Crippen LogP contribution in [0.4, 0.5) is 4.79 Å². The number of esters is 1. The third kappa shape index (κ3) is 3.48. The summed E-state index contributed by atoms with van der Waals surface area (Å²) < 4.78 is 11.6. The molecule has 1 aliphatic rings. The van der Waals surface area contributed by atoms with Gasteiger partial charge in [0.15, 0.2) is 0 Å². The first-order chi connectivity index (χ1) is 14.5. The van der Waals surface area contributed by atoms with Gasteiger partial charge < -0.3 is 13.7 Å². The molecule has 0 saturated carbocycles. The first-order valence-corrected chi connectivity index (χ1v) is 9.04. The zero-order valence-corrected chi connectivity index (χ0v) is 16.0. The highest BCUT2D eigenvalue weighted by atomic mass is 16.5. The number of carbonyl (C=O) groups excluding carboxylic acids is 4. The van der Waals surface area contributed by atoms with Crippen LogP contribution in [0.15, 0.2) is 58.8 Å². The molecular formula is C21H17N3O6. The fourth-order valence-electron chi connectivity index (χ4n) is 3.28. The number of aromatic nitrogens is 1. The van der Waals surface area contributed by atoms with Crippen LogP contribution >= 0.6 is 0 Å². The van der Waals surface area contributed by atoms with Crippen LogP contribution in [0.25, 0.3) is 17.0 Å². The molecule has 9 nitrogen and oxygen atoms in total. The number of imide groups is 2. The Balaban J connectivity index is 1.73. The Labute approximate surface area is 170 Å². The number of carbonyl (C=O) groups is 4. The molecule has 0 spiro atoms. The van der Waals surface area contributed by atoms with Crippen molar-refractivity contribution in [3.63, 3.8) is 0 Å². The van der Waals surface area contributed by atoms with Gasteiger partial charge in [-0.3, -0.25) is 24.6 Å². The summed E-state index contributed by atoms with van der Waals surface area (Å²) in [6.07, 6.45) is 4.50. The van der Waals surface area contributed by atoms with Gasteiger partial charge >= 0.3 is 12.0 Å². The minimum absolute atomic E-state index is 0.0244. The number of amides is 4. The topological polar surface area (TPSA) is 111 Å². The molecule has 4 rings (SSSR count). The highest BCUT2D eigenvalue weighted by Crippen LogP contribution is 2.25. The maximum absolute atomic E-state index is 12.9. The van der Waals surface area contributed by atoms with E-state index in [1.807, 2.05) is 24.3 Å². The SMILES string of the molecule is COC(=O)Cn1cc(/C=C2\C(=O)NC(=O)N(Cc3ccco3)C2=O)c2ccccc21. The van der Waals surface area contributed by atoms with Crippen molar-refractivity contribution in [3.05, 3.63) is 65.8 Å². The zero-order chi connectivity index (χ0) is 21.3. The largest absolute Gasteiger partial charge is 0.468 e. The van der Waals surface area contributed by atoms with Gasteiger partial charge in [-0.15, -0.1) is 0 Å². The normalized spacial score (nSPS) is 15.7. The molecule has 1 fully saturated rings. The summed E-state index contributed by atoms with van der Waals surface area (Å²) in [6, 6.07) is 9.70. The maximum atomic E-state index is 12.9.